The SMILES string of the molecule is CCS(=O)(=O)Nc1ccc(C(=O)N2CCc3ccccc3C2)cc1. The monoisotopic (exact) mass is 344 g/mol. The van der Waals surface area contributed by atoms with E-state index in [1.165, 1.54) is 11.1 Å². The average molecular weight is 344 g/mol. The third-order valence-electron chi connectivity index (χ3n) is 4.20. The van der Waals surface area contributed by atoms with E-state index in [0.717, 1.165) is 6.42 Å². The smallest absolute Gasteiger partial charge is 0.254 e. The molecule has 0 saturated heterocycles. The third kappa shape index (κ3) is 3.59. The molecule has 0 unspecified atom stereocenters. The fraction of sp³-hybridized carbons (Fsp3) is 0.278. The second-order valence-corrected chi connectivity index (χ2v) is 7.84. The van der Waals surface area contributed by atoms with Gasteiger partial charge >= 0.3 is 0 Å². The average Bonchev–Trinajstić information content (AvgIpc) is 2.61. The van der Waals surface area contributed by atoms with E-state index in [9.17, 15) is 13.2 Å². The van der Waals surface area contributed by atoms with Gasteiger partial charge in [-0.1, -0.05) is 24.3 Å². The van der Waals surface area contributed by atoms with E-state index >= 15 is 0 Å². The lowest BCUT2D eigenvalue weighted by atomic mass is 9.99. The van der Waals surface area contributed by atoms with Crippen molar-refractivity contribution in [2.75, 3.05) is 17.0 Å². The molecule has 1 N–H and O–H groups in total. The lowest BCUT2D eigenvalue weighted by Crippen LogP contribution is -2.35. The topological polar surface area (TPSA) is 66.5 Å². The summed E-state index contributed by atoms with van der Waals surface area (Å²) in [7, 11) is -3.30. The summed E-state index contributed by atoms with van der Waals surface area (Å²) in [6, 6.07) is 14.7. The van der Waals surface area contributed by atoms with Crippen LogP contribution in [0.25, 0.3) is 0 Å². The second kappa shape index (κ2) is 6.65. The Bertz CT molecular complexity index is 845. The molecular formula is C18H20N2O3S. The maximum atomic E-state index is 12.6. The van der Waals surface area contributed by atoms with Crippen LogP contribution in [0.5, 0.6) is 0 Å². The van der Waals surface area contributed by atoms with E-state index in [0.29, 0.717) is 24.3 Å². The van der Waals surface area contributed by atoms with E-state index < -0.39 is 10.0 Å². The Balaban J connectivity index is 1.72. The van der Waals surface area contributed by atoms with Gasteiger partial charge in [-0.25, -0.2) is 8.42 Å². The van der Waals surface area contributed by atoms with Crippen molar-refractivity contribution in [1.82, 2.24) is 4.90 Å². The molecule has 126 valence electrons. The quantitative estimate of drug-likeness (QED) is 0.927. The molecule has 0 aliphatic carbocycles. The fourth-order valence-electron chi connectivity index (χ4n) is 2.78. The number of amides is 1. The molecule has 2 aromatic rings. The Morgan fingerprint density at radius 1 is 1.08 bits per heavy atom. The van der Waals surface area contributed by atoms with Gasteiger partial charge in [0.05, 0.1) is 5.75 Å². The highest BCUT2D eigenvalue weighted by molar-refractivity contribution is 7.92. The van der Waals surface area contributed by atoms with Gasteiger partial charge in [0, 0.05) is 24.3 Å². The van der Waals surface area contributed by atoms with Crippen molar-refractivity contribution in [2.24, 2.45) is 0 Å². The number of carbonyl (C=O) groups excluding carboxylic acids is 1. The number of benzene rings is 2. The number of nitrogens with one attached hydrogen (secondary N) is 1. The summed E-state index contributed by atoms with van der Waals surface area (Å²) < 4.78 is 25.6. The van der Waals surface area contributed by atoms with Crippen LogP contribution in [0.3, 0.4) is 0 Å². The van der Waals surface area contributed by atoms with Crippen LogP contribution < -0.4 is 4.72 Å². The first-order valence-corrected chi connectivity index (χ1v) is 9.60. The first-order chi connectivity index (χ1) is 11.5. The minimum atomic E-state index is -3.30. The summed E-state index contributed by atoms with van der Waals surface area (Å²) in [4.78, 5) is 14.5. The van der Waals surface area contributed by atoms with Gasteiger partial charge < -0.3 is 4.90 Å². The zero-order valence-electron chi connectivity index (χ0n) is 13.5. The van der Waals surface area contributed by atoms with Crippen molar-refractivity contribution in [1.29, 1.82) is 0 Å². The summed E-state index contributed by atoms with van der Waals surface area (Å²) in [5.41, 5.74) is 3.52. The van der Waals surface area contributed by atoms with Crippen LogP contribution >= 0.6 is 0 Å². The fourth-order valence-corrected chi connectivity index (χ4v) is 3.42. The molecule has 2 aromatic carbocycles. The van der Waals surface area contributed by atoms with Gasteiger partial charge in [-0.05, 0) is 48.7 Å². The lowest BCUT2D eigenvalue weighted by Gasteiger charge is -2.29. The van der Waals surface area contributed by atoms with Gasteiger partial charge in [0.25, 0.3) is 5.91 Å². The molecule has 5 nitrogen and oxygen atoms in total. The summed E-state index contributed by atoms with van der Waals surface area (Å²) in [6.07, 6.45) is 0.857. The highest BCUT2D eigenvalue weighted by Gasteiger charge is 2.21. The molecule has 0 radical (unpaired) electrons. The van der Waals surface area contributed by atoms with Gasteiger partial charge in [-0.2, -0.15) is 0 Å². The van der Waals surface area contributed by atoms with Crippen molar-refractivity contribution < 1.29 is 13.2 Å². The van der Waals surface area contributed by atoms with Crippen molar-refractivity contribution in [2.45, 2.75) is 19.9 Å². The molecule has 1 heterocycles. The highest BCUT2D eigenvalue weighted by Crippen LogP contribution is 2.21. The zero-order chi connectivity index (χ0) is 17.2. The van der Waals surface area contributed by atoms with Gasteiger partial charge in [0.1, 0.15) is 0 Å². The van der Waals surface area contributed by atoms with E-state index in [4.69, 9.17) is 0 Å². The van der Waals surface area contributed by atoms with Crippen LogP contribution in [0.2, 0.25) is 0 Å². The standard InChI is InChI=1S/C18H20N2O3S/c1-2-24(22,23)19-17-9-7-15(8-10-17)18(21)20-12-11-14-5-3-4-6-16(14)13-20/h3-10,19H,2,11-13H2,1H3. The van der Waals surface area contributed by atoms with E-state index in [1.54, 1.807) is 31.2 Å². The van der Waals surface area contributed by atoms with Gasteiger partial charge in [0.15, 0.2) is 0 Å². The predicted molar refractivity (Wildman–Crippen MR) is 94.4 cm³/mol. The van der Waals surface area contributed by atoms with Crippen LogP contribution in [-0.4, -0.2) is 31.5 Å². The van der Waals surface area contributed by atoms with E-state index in [1.807, 2.05) is 17.0 Å². The van der Waals surface area contributed by atoms with Gasteiger partial charge in [-0.3, -0.25) is 9.52 Å². The van der Waals surface area contributed by atoms with Crippen LogP contribution in [0.1, 0.15) is 28.4 Å². The Labute approximate surface area is 142 Å². The van der Waals surface area contributed by atoms with E-state index in [-0.39, 0.29) is 11.7 Å². The van der Waals surface area contributed by atoms with Crippen LogP contribution in [0.15, 0.2) is 48.5 Å². The molecule has 0 bridgehead atoms. The molecule has 6 heteroatoms. The van der Waals surface area contributed by atoms with Gasteiger partial charge in [0.2, 0.25) is 10.0 Å². The lowest BCUT2D eigenvalue weighted by molar-refractivity contribution is 0.0735. The summed E-state index contributed by atoms with van der Waals surface area (Å²) in [5.74, 6) is -0.0182. The van der Waals surface area contributed by atoms with Crippen LogP contribution in [0, 0.1) is 0 Å². The molecular weight excluding hydrogens is 324 g/mol. The Morgan fingerprint density at radius 3 is 2.42 bits per heavy atom. The third-order valence-corrected chi connectivity index (χ3v) is 5.51. The number of hydrogen-bond acceptors (Lipinski definition) is 3. The number of fused-ring (bicyclic) bond motifs is 1. The molecule has 24 heavy (non-hydrogen) atoms. The predicted octanol–water partition coefficient (Wildman–Crippen LogP) is 2.65. The molecule has 0 spiro atoms. The minimum absolute atomic E-state index is 0.0148. The van der Waals surface area contributed by atoms with Crippen LogP contribution in [-0.2, 0) is 23.0 Å². The Morgan fingerprint density at radius 2 is 1.75 bits per heavy atom. The maximum Gasteiger partial charge on any atom is 0.254 e. The number of anilines is 1. The largest absolute Gasteiger partial charge is 0.334 e. The number of carbonyl (C=O) groups is 1. The second-order valence-electron chi connectivity index (χ2n) is 5.83. The van der Waals surface area contributed by atoms with Crippen molar-refractivity contribution in [3.63, 3.8) is 0 Å². The van der Waals surface area contributed by atoms with Crippen molar-refractivity contribution in [3.8, 4) is 0 Å². The summed E-state index contributed by atoms with van der Waals surface area (Å²) in [5, 5.41) is 0. The summed E-state index contributed by atoms with van der Waals surface area (Å²) in [6.45, 7) is 2.88. The zero-order valence-corrected chi connectivity index (χ0v) is 14.3. The maximum absolute atomic E-state index is 12.6. The van der Waals surface area contributed by atoms with Gasteiger partial charge in [-0.15, -0.1) is 0 Å². The molecule has 0 saturated carbocycles. The van der Waals surface area contributed by atoms with Crippen LogP contribution in [0.4, 0.5) is 5.69 Å². The molecule has 1 aliphatic rings. The van der Waals surface area contributed by atoms with Crippen molar-refractivity contribution in [3.05, 3.63) is 65.2 Å². The number of rotatable bonds is 4. The Hall–Kier alpha value is -2.34. The number of nitrogens with zero attached hydrogens (tertiary/aromatic N) is 1. The number of hydrogen-bond donors (Lipinski definition) is 1. The number of sulfonamides is 1. The molecule has 1 aliphatic heterocycles. The first-order valence-electron chi connectivity index (χ1n) is 7.95. The molecule has 3 rings (SSSR count). The minimum Gasteiger partial charge on any atom is -0.334 e. The molecule has 1 amide bonds. The Kier molecular flexibility index (Phi) is 4.57. The summed E-state index contributed by atoms with van der Waals surface area (Å²) >= 11 is 0. The highest BCUT2D eigenvalue weighted by atomic mass is 32.2. The van der Waals surface area contributed by atoms with E-state index in [2.05, 4.69) is 16.9 Å². The first kappa shape index (κ1) is 16.5. The molecule has 0 atom stereocenters. The van der Waals surface area contributed by atoms with Crippen molar-refractivity contribution >= 4 is 21.6 Å². The molecule has 0 fully saturated rings. The molecule has 0 aromatic heterocycles. The normalized spacial score (nSPS) is 14.1.